The lowest BCUT2D eigenvalue weighted by atomic mass is 10.2. The Morgan fingerprint density at radius 1 is 1.33 bits per heavy atom. The average molecular weight is 226 g/mol. The maximum Gasteiger partial charge on any atom is 0.235 e. The molecule has 0 bridgehead atoms. The first-order valence-electron chi connectivity index (χ1n) is 4.93. The van der Waals surface area contributed by atoms with Crippen LogP contribution in [0.5, 0.6) is 0 Å². The summed E-state index contributed by atoms with van der Waals surface area (Å²) in [6.07, 6.45) is 0.696. The van der Waals surface area contributed by atoms with Crippen molar-refractivity contribution < 1.29 is 8.42 Å². The molecule has 4 nitrogen and oxygen atoms in total. The van der Waals surface area contributed by atoms with Gasteiger partial charge in [0.2, 0.25) is 10.0 Å². The minimum atomic E-state index is -3.09. The summed E-state index contributed by atoms with van der Waals surface area (Å²) in [6, 6.07) is 7.38. The smallest absolute Gasteiger partial charge is 0.235 e. The Bertz CT molecular complexity index is 456. The zero-order chi connectivity index (χ0) is 10.9. The molecule has 0 amide bonds. The second-order valence-corrected chi connectivity index (χ2v) is 5.59. The summed E-state index contributed by atoms with van der Waals surface area (Å²) >= 11 is 0. The summed E-state index contributed by atoms with van der Waals surface area (Å²) in [5.41, 5.74) is 7.20. The van der Waals surface area contributed by atoms with E-state index in [1.165, 1.54) is 4.31 Å². The predicted molar refractivity (Wildman–Crippen MR) is 60.1 cm³/mol. The van der Waals surface area contributed by atoms with Crippen molar-refractivity contribution in [3.63, 3.8) is 0 Å². The summed E-state index contributed by atoms with van der Waals surface area (Å²) in [7, 11) is -3.09. The Balaban J connectivity index is 2.45. The SMILES string of the molecule is NCc1ccccc1N1CCCS1(=O)=O. The molecule has 0 aliphatic carbocycles. The predicted octanol–water partition coefficient (Wildman–Crippen LogP) is 0.685. The molecule has 1 aliphatic heterocycles. The lowest BCUT2D eigenvalue weighted by molar-refractivity contribution is 0.599. The standard InChI is InChI=1S/C10H14N2O2S/c11-8-9-4-1-2-5-10(9)12-6-3-7-15(12,13)14/h1-2,4-5H,3,6-8,11H2. The molecule has 0 aromatic heterocycles. The first-order chi connectivity index (χ1) is 7.15. The van der Waals surface area contributed by atoms with Crippen LogP contribution in [0.3, 0.4) is 0 Å². The lowest BCUT2D eigenvalue weighted by Crippen LogP contribution is -2.26. The number of anilines is 1. The molecule has 1 heterocycles. The number of hydrogen-bond donors (Lipinski definition) is 1. The van der Waals surface area contributed by atoms with Gasteiger partial charge < -0.3 is 5.73 Å². The van der Waals surface area contributed by atoms with E-state index >= 15 is 0 Å². The van der Waals surface area contributed by atoms with Crippen LogP contribution in [0.1, 0.15) is 12.0 Å². The Kier molecular flexibility index (Phi) is 2.67. The van der Waals surface area contributed by atoms with E-state index in [1.54, 1.807) is 0 Å². The first-order valence-corrected chi connectivity index (χ1v) is 6.54. The zero-order valence-corrected chi connectivity index (χ0v) is 9.20. The van der Waals surface area contributed by atoms with E-state index in [2.05, 4.69) is 0 Å². The van der Waals surface area contributed by atoms with Gasteiger partial charge in [0.25, 0.3) is 0 Å². The molecule has 2 N–H and O–H groups in total. The molecule has 1 saturated heterocycles. The highest BCUT2D eigenvalue weighted by Gasteiger charge is 2.29. The fraction of sp³-hybridized carbons (Fsp3) is 0.400. The summed E-state index contributed by atoms with van der Waals surface area (Å²) in [6.45, 7) is 0.932. The molecule has 82 valence electrons. The van der Waals surface area contributed by atoms with E-state index in [4.69, 9.17) is 5.73 Å². The summed E-state index contributed by atoms with van der Waals surface area (Å²) < 4.78 is 24.9. The van der Waals surface area contributed by atoms with Crippen molar-refractivity contribution in [3.8, 4) is 0 Å². The maximum absolute atomic E-state index is 11.7. The number of para-hydroxylation sites is 1. The first kappa shape index (κ1) is 10.4. The van der Waals surface area contributed by atoms with E-state index in [0.29, 0.717) is 19.5 Å². The van der Waals surface area contributed by atoms with Crippen molar-refractivity contribution >= 4 is 15.7 Å². The van der Waals surface area contributed by atoms with Crippen molar-refractivity contribution in [2.45, 2.75) is 13.0 Å². The zero-order valence-electron chi connectivity index (χ0n) is 8.39. The van der Waals surface area contributed by atoms with Gasteiger partial charge in [-0.2, -0.15) is 0 Å². The molecule has 0 unspecified atom stereocenters. The molecular weight excluding hydrogens is 212 g/mol. The van der Waals surface area contributed by atoms with Gasteiger partial charge in [0.1, 0.15) is 0 Å². The fourth-order valence-electron chi connectivity index (χ4n) is 1.84. The Morgan fingerprint density at radius 3 is 2.67 bits per heavy atom. The summed E-state index contributed by atoms with van der Waals surface area (Å²) in [4.78, 5) is 0. The van der Waals surface area contributed by atoms with Gasteiger partial charge in [-0.15, -0.1) is 0 Å². The molecule has 5 heteroatoms. The molecule has 2 rings (SSSR count). The highest BCUT2D eigenvalue weighted by atomic mass is 32.2. The van der Waals surface area contributed by atoms with Crippen LogP contribution in [-0.2, 0) is 16.6 Å². The second kappa shape index (κ2) is 3.83. The third-order valence-electron chi connectivity index (χ3n) is 2.58. The van der Waals surface area contributed by atoms with E-state index < -0.39 is 10.0 Å². The van der Waals surface area contributed by atoms with Crippen LogP contribution in [-0.4, -0.2) is 20.7 Å². The van der Waals surface area contributed by atoms with Gasteiger partial charge in [-0.05, 0) is 18.1 Å². The Hall–Kier alpha value is -1.07. The van der Waals surface area contributed by atoms with Gasteiger partial charge in [-0.3, -0.25) is 4.31 Å². The fourth-order valence-corrected chi connectivity index (χ4v) is 3.44. The van der Waals surface area contributed by atoms with Crippen LogP contribution in [0.2, 0.25) is 0 Å². The molecule has 0 atom stereocenters. The highest BCUT2D eigenvalue weighted by Crippen LogP contribution is 2.26. The molecule has 1 aromatic carbocycles. The van der Waals surface area contributed by atoms with E-state index in [-0.39, 0.29) is 5.75 Å². The Morgan fingerprint density at radius 2 is 2.07 bits per heavy atom. The molecule has 15 heavy (non-hydrogen) atoms. The number of nitrogens with zero attached hydrogens (tertiary/aromatic N) is 1. The largest absolute Gasteiger partial charge is 0.326 e. The number of nitrogens with two attached hydrogens (primary N) is 1. The van der Waals surface area contributed by atoms with Crippen LogP contribution >= 0.6 is 0 Å². The van der Waals surface area contributed by atoms with Crippen LogP contribution in [0.25, 0.3) is 0 Å². The monoisotopic (exact) mass is 226 g/mol. The highest BCUT2D eigenvalue weighted by molar-refractivity contribution is 7.93. The van der Waals surface area contributed by atoms with E-state index in [0.717, 1.165) is 11.3 Å². The minimum absolute atomic E-state index is 0.242. The molecule has 1 fully saturated rings. The van der Waals surface area contributed by atoms with E-state index in [9.17, 15) is 8.42 Å². The topological polar surface area (TPSA) is 63.4 Å². The van der Waals surface area contributed by atoms with E-state index in [1.807, 2.05) is 24.3 Å². The number of hydrogen-bond acceptors (Lipinski definition) is 3. The molecule has 0 saturated carbocycles. The second-order valence-electron chi connectivity index (χ2n) is 3.57. The van der Waals surface area contributed by atoms with Crippen molar-refractivity contribution in [1.29, 1.82) is 0 Å². The number of rotatable bonds is 2. The molecule has 0 radical (unpaired) electrons. The third-order valence-corrected chi connectivity index (χ3v) is 4.43. The van der Waals surface area contributed by atoms with Gasteiger partial charge in [0.15, 0.2) is 0 Å². The van der Waals surface area contributed by atoms with Crippen LogP contribution < -0.4 is 10.0 Å². The van der Waals surface area contributed by atoms with Crippen LogP contribution in [0, 0.1) is 0 Å². The van der Waals surface area contributed by atoms with Crippen LogP contribution in [0.4, 0.5) is 5.69 Å². The number of benzene rings is 1. The molecule has 1 aromatic rings. The van der Waals surface area contributed by atoms with Gasteiger partial charge in [0, 0.05) is 13.1 Å². The minimum Gasteiger partial charge on any atom is -0.326 e. The molecule has 1 aliphatic rings. The van der Waals surface area contributed by atoms with Crippen molar-refractivity contribution in [2.24, 2.45) is 5.73 Å². The normalized spacial score (nSPS) is 19.4. The Labute approximate surface area is 89.7 Å². The van der Waals surface area contributed by atoms with Gasteiger partial charge in [0.05, 0.1) is 11.4 Å². The molecular formula is C10H14N2O2S. The molecule has 0 spiro atoms. The quantitative estimate of drug-likeness (QED) is 0.806. The summed E-state index contributed by atoms with van der Waals surface area (Å²) in [5.74, 6) is 0.242. The van der Waals surface area contributed by atoms with Gasteiger partial charge in [-0.1, -0.05) is 18.2 Å². The van der Waals surface area contributed by atoms with Gasteiger partial charge in [-0.25, -0.2) is 8.42 Å². The number of sulfonamides is 1. The van der Waals surface area contributed by atoms with Crippen LogP contribution in [0.15, 0.2) is 24.3 Å². The average Bonchev–Trinajstić information content (AvgIpc) is 2.58. The summed E-state index contributed by atoms with van der Waals surface area (Å²) in [5, 5.41) is 0. The maximum atomic E-state index is 11.7. The van der Waals surface area contributed by atoms with Crippen molar-refractivity contribution in [1.82, 2.24) is 0 Å². The van der Waals surface area contributed by atoms with Gasteiger partial charge >= 0.3 is 0 Å². The van der Waals surface area contributed by atoms with Crippen molar-refractivity contribution in [2.75, 3.05) is 16.6 Å². The lowest BCUT2D eigenvalue weighted by Gasteiger charge is -2.19. The van der Waals surface area contributed by atoms with Crippen molar-refractivity contribution in [3.05, 3.63) is 29.8 Å². The third kappa shape index (κ3) is 1.85.